The van der Waals surface area contributed by atoms with Crippen LogP contribution in [0.5, 0.6) is 0 Å². The molecule has 0 radical (unpaired) electrons. The molecule has 1 aliphatic carbocycles. The normalized spacial score (nSPS) is 11.4. The van der Waals surface area contributed by atoms with Gasteiger partial charge in [-0.2, -0.15) is 5.26 Å². The number of benzene rings is 1. The molecule has 1 heterocycles. The average Bonchev–Trinajstić information content (AvgIpc) is 2.88. The summed E-state index contributed by atoms with van der Waals surface area (Å²) in [6.45, 7) is 3.95. The van der Waals surface area contributed by atoms with Crippen LogP contribution >= 0.6 is 0 Å². The van der Waals surface area contributed by atoms with Gasteiger partial charge in [0.25, 0.3) is 0 Å². The van der Waals surface area contributed by atoms with Crippen LogP contribution in [0.25, 0.3) is 11.6 Å². The maximum Gasteiger partial charge on any atom is 0.0991 e. The SMILES string of the molecule is C=C1C=Cc2c(C#Cc3ccc(C#N)cc3)ccnc21. The van der Waals surface area contributed by atoms with E-state index >= 15 is 0 Å². The van der Waals surface area contributed by atoms with Gasteiger partial charge in [0.1, 0.15) is 0 Å². The Balaban J connectivity index is 1.97. The van der Waals surface area contributed by atoms with Crippen LogP contribution < -0.4 is 0 Å². The molecule has 1 aliphatic rings. The van der Waals surface area contributed by atoms with Gasteiger partial charge in [-0.05, 0) is 35.9 Å². The topological polar surface area (TPSA) is 36.7 Å². The third-order valence-corrected chi connectivity index (χ3v) is 3.10. The first-order chi connectivity index (χ1) is 9.78. The first-order valence-corrected chi connectivity index (χ1v) is 6.16. The fourth-order valence-electron chi connectivity index (χ4n) is 2.04. The summed E-state index contributed by atoms with van der Waals surface area (Å²) in [5.74, 6) is 6.26. The predicted molar refractivity (Wildman–Crippen MR) is 79.4 cm³/mol. The zero-order chi connectivity index (χ0) is 13.9. The lowest BCUT2D eigenvalue weighted by molar-refractivity contribution is 1.27. The van der Waals surface area contributed by atoms with Gasteiger partial charge in [-0.15, -0.1) is 0 Å². The fourth-order valence-corrected chi connectivity index (χ4v) is 2.04. The van der Waals surface area contributed by atoms with Crippen molar-refractivity contribution in [2.75, 3.05) is 0 Å². The van der Waals surface area contributed by atoms with Gasteiger partial charge in [0.05, 0.1) is 17.3 Å². The zero-order valence-electron chi connectivity index (χ0n) is 10.7. The van der Waals surface area contributed by atoms with Crippen LogP contribution in [0, 0.1) is 23.2 Å². The van der Waals surface area contributed by atoms with E-state index in [1.165, 1.54) is 0 Å². The second-order valence-electron chi connectivity index (χ2n) is 4.42. The van der Waals surface area contributed by atoms with Crippen LogP contribution in [-0.2, 0) is 0 Å². The summed E-state index contributed by atoms with van der Waals surface area (Å²) in [4.78, 5) is 4.31. The summed E-state index contributed by atoms with van der Waals surface area (Å²) in [6, 6.07) is 11.2. The molecule has 0 unspecified atom stereocenters. The molecule has 0 spiro atoms. The molecule has 92 valence electrons. The molecule has 20 heavy (non-hydrogen) atoms. The Morgan fingerprint density at radius 3 is 2.45 bits per heavy atom. The fraction of sp³-hybridized carbons (Fsp3) is 0. The van der Waals surface area contributed by atoms with E-state index in [0.29, 0.717) is 5.56 Å². The van der Waals surface area contributed by atoms with Crippen molar-refractivity contribution >= 4 is 11.6 Å². The Labute approximate surface area is 117 Å². The Morgan fingerprint density at radius 2 is 1.70 bits per heavy atom. The van der Waals surface area contributed by atoms with Crippen LogP contribution in [0.1, 0.15) is 27.9 Å². The molecule has 1 aromatic heterocycles. The Kier molecular flexibility index (Phi) is 2.92. The predicted octanol–water partition coefficient (Wildman–Crippen LogP) is 3.39. The van der Waals surface area contributed by atoms with Gasteiger partial charge < -0.3 is 0 Å². The van der Waals surface area contributed by atoms with Crippen LogP contribution in [0.15, 0.2) is 49.2 Å². The summed E-state index contributed by atoms with van der Waals surface area (Å²) in [5.41, 5.74) is 5.31. The molecule has 2 heteroatoms. The molecule has 0 aliphatic heterocycles. The molecule has 2 aromatic rings. The van der Waals surface area contributed by atoms with Gasteiger partial charge in [-0.1, -0.05) is 30.6 Å². The highest BCUT2D eigenvalue weighted by atomic mass is 14.7. The van der Waals surface area contributed by atoms with Crippen LogP contribution in [0.2, 0.25) is 0 Å². The molecule has 0 saturated carbocycles. The first kappa shape index (κ1) is 12.0. The lowest BCUT2D eigenvalue weighted by atomic mass is 10.1. The van der Waals surface area contributed by atoms with Gasteiger partial charge in [-0.25, -0.2) is 0 Å². The summed E-state index contributed by atoms with van der Waals surface area (Å²) in [6.07, 6.45) is 5.69. The number of pyridine rings is 1. The summed E-state index contributed by atoms with van der Waals surface area (Å²) in [7, 11) is 0. The van der Waals surface area contributed by atoms with Crippen molar-refractivity contribution in [3.63, 3.8) is 0 Å². The number of aromatic nitrogens is 1. The number of fused-ring (bicyclic) bond motifs is 1. The van der Waals surface area contributed by atoms with Crippen LogP contribution in [0.4, 0.5) is 0 Å². The van der Waals surface area contributed by atoms with Crippen molar-refractivity contribution in [2.45, 2.75) is 0 Å². The van der Waals surface area contributed by atoms with Crippen molar-refractivity contribution in [1.29, 1.82) is 5.26 Å². The second kappa shape index (κ2) is 4.88. The first-order valence-electron chi connectivity index (χ1n) is 6.16. The number of nitrogens with zero attached hydrogens (tertiary/aromatic N) is 2. The van der Waals surface area contributed by atoms with Gasteiger partial charge in [-0.3, -0.25) is 4.98 Å². The standard InChI is InChI=1S/C18H10N2/c1-13-2-9-17-16(10-11-20-18(13)17)8-7-14-3-5-15(12-19)6-4-14/h2-6,9-11H,1H2. The Morgan fingerprint density at radius 1 is 0.950 bits per heavy atom. The van der Waals surface area contributed by atoms with Crippen molar-refractivity contribution in [3.05, 3.63) is 77.1 Å². The number of allylic oxidation sites excluding steroid dienone is 2. The molecular formula is C18H10N2. The summed E-state index contributed by atoms with van der Waals surface area (Å²) in [5, 5.41) is 8.76. The molecular weight excluding hydrogens is 244 g/mol. The van der Waals surface area contributed by atoms with E-state index in [1.807, 2.05) is 30.4 Å². The monoisotopic (exact) mass is 254 g/mol. The molecule has 0 saturated heterocycles. The van der Waals surface area contributed by atoms with Crippen LogP contribution in [-0.4, -0.2) is 4.98 Å². The molecule has 0 fully saturated rings. The minimum atomic E-state index is 0.639. The molecule has 0 amide bonds. The van der Waals surface area contributed by atoms with E-state index in [9.17, 15) is 0 Å². The number of rotatable bonds is 0. The average molecular weight is 254 g/mol. The summed E-state index contributed by atoms with van der Waals surface area (Å²) < 4.78 is 0. The maximum absolute atomic E-state index is 8.76. The highest BCUT2D eigenvalue weighted by Gasteiger charge is 2.12. The minimum absolute atomic E-state index is 0.639. The maximum atomic E-state index is 8.76. The molecule has 0 bridgehead atoms. The number of hydrogen-bond acceptors (Lipinski definition) is 2. The van der Waals surface area contributed by atoms with Crippen LogP contribution in [0.3, 0.4) is 0 Å². The van der Waals surface area contributed by atoms with Crippen molar-refractivity contribution in [3.8, 4) is 17.9 Å². The van der Waals surface area contributed by atoms with Crippen molar-refractivity contribution < 1.29 is 0 Å². The van der Waals surface area contributed by atoms with Gasteiger partial charge in [0, 0.05) is 22.9 Å². The van der Waals surface area contributed by atoms with Crippen molar-refractivity contribution in [2.24, 2.45) is 0 Å². The van der Waals surface area contributed by atoms with Gasteiger partial charge in [0.15, 0.2) is 0 Å². The molecule has 0 atom stereocenters. The van der Waals surface area contributed by atoms with Gasteiger partial charge in [0.2, 0.25) is 0 Å². The Bertz CT molecular complexity index is 822. The lowest BCUT2D eigenvalue weighted by Gasteiger charge is -2.00. The minimum Gasteiger partial charge on any atom is -0.256 e. The van der Waals surface area contributed by atoms with E-state index in [0.717, 1.165) is 28.0 Å². The quantitative estimate of drug-likeness (QED) is 0.676. The smallest absolute Gasteiger partial charge is 0.0991 e. The number of hydrogen-bond donors (Lipinski definition) is 0. The number of nitriles is 1. The Hall–Kier alpha value is -3.10. The largest absolute Gasteiger partial charge is 0.256 e. The van der Waals surface area contributed by atoms with Gasteiger partial charge >= 0.3 is 0 Å². The highest BCUT2D eigenvalue weighted by Crippen LogP contribution is 2.27. The van der Waals surface area contributed by atoms with E-state index in [4.69, 9.17) is 5.26 Å². The lowest BCUT2D eigenvalue weighted by Crippen LogP contribution is -1.90. The summed E-state index contributed by atoms with van der Waals surface area (Å²) >= 11 is 0. The van der Waals surface area contributed by atoms with E-state index in [1.54, 1.807) is 18.3 Å². The van der Waals surface area contributed by atoms with Crippen molar-refractivity contribution in [1.82, 2.24) is 4.98 Å². The van der Waals surface area contributed by atoms with E-state index in [2.05, 4.69) is 29.5 Å². The molecule has 2 nitrogen and oxygen atoms in total. The second-order valence-corrected chi connectivity index (χ2v) is 4.42. The van der Waals surface area contributed by atoms with E-state index in [-0.39, 0.29) is 0 Å². The molecule has 0 N–H and O–H groups in total. The zero-order valence-corrected chi connectivity index (χ0v) is 10.7. The highest BCUT2D eigenvalue weighted by molar-refractivity contribution is 5.88. The third-order valence-electron chi connectivity index (χ3n) is 3.10. The molecule has 3 rings (SSSR count). The molecule has 1 aromatic carbocycles. The van der Waals surface area contributed by atoms with E-state index < -0.39 is 0 Å². The third kappa shape index (κ3) is 2.11.